The van der Waals surface area contributed by atoms with Gasteiger partial charge < -0.3 is 15.6 Å². The first-order valence-corrected chi connectivity index (χ1v) is 8.51. The van der Waals surface area contributed by atoms with E-state index in [0.717, 1.165) is 19.4 Å². The number of H-pyrrole nitrogens is 1. The number of aryl methyl sites for hydroxylation is 1. The lowest BCUT2D eigenvalue weighted by molar-refractivity contribution is 0.604. The van der Waals surface area contributed by atoms with Crippen LogP contribution in [0.25, 0.3) is 10.9 Å². The second-order valence-corrected chi connectivity index (χ2v) is 5.91. The molecule has 3 rings (SSSR count). The normalized spacial score (nSPS) is 11.2. The molecule has 0 aliphatic carbocycles. The molecular weight excluding hydrogens is 442 g/mol. The number of benzene rings is 2. The Morgan fingerprint density at radius 2 is 1.81 bits per heavy atom. The Labute approximate surface area is 170 Å². The smallest absolute Gasteiger partial charge is 0.191 e. The fourth-order valence-electron chi connectivity index (χ4n) is 2.87. The Balaban J connectivity index is 0.00000243. The zero-order chi connectivity index (χ0) is 17.5. The number of aromatic nitrogens is 1. The molecule has 6 heteroatoms. The third-order valence-corrected chi connectivity index (χ3v) is 4.22. The average molecular weight is 466 g/mol. The first-order valence-electron chi connectivity index (χ1n) is 8.51. The highest BCUT2D eigenvalue weighted by molar-refractivity contribution is 14.0. The summed E-state index contributed by atoms with van der Waals surface area (Å²) in [4.78, 5) is 7.48. The Kier molecular flexibility index (Phi) is 7.90. The average Bonchev–Trinajstić information content (AvgIpc) is 3.05. The van der Waals surface area contributed by atoms with Crippen molar-refractivity contribution in [1.29, 1.82) is 0 Å². The van der Waals surface area contributed by atoms with Crippen LogP contribution in [0.3, 0.4) is 0 Å². The molecule has 3 N–H and O–H groups in total. The van der Waals surface area contributed by atoms with Gasteiger partial charge in [-0.25, -0.2) is 4.39 Å². The number of halogens is 2. The Morgan fingerprint density at radius 1 is 1.04 bits per heavy atom. The molecule has 138 valence electrons. The van der Waals surface area contributed by atoms with Gasteiger partial charge in [0, 0.05) is 42.8 Å². The van der Waals surface area contributed by atoms with Gasteiger partial charge in [-0.05, 0) is 30.5 Å². The summed E-state index contributed by atoms with van der Waals surface area (Å²) in [6, 6.07) is 15.1. The number of hydrogen-bond donors (Lipinski definition) is 3. The maximum absolute atomic E-state index is 13.6. The molecule has 0 amide bonds. The van der Waals surface area contributed by atoms with Crippen LogP contribution < -0.4 is 10.6 Å². The van der Waals surface area contributed by atoms with Crippen LogP contribution in [0.4, 0.5) is 4.39 Å². The van der Waals surface area contributed by atoms with Crippen molar-refractivity contribution in [1.82, 2.24) is 15.6 Å². The number of nitrogens with zero attached hydrogens (tertiary/aromatic N) is 1. The molecule has 0 aliphatic heterocycles. The van der Waals surface area contributed by atoms with Crippen LogP contribution >= 0.6 is 24.0 Å². The second kappa shape index (κ2) is 10.2. The van der Waals surface area contributed by atoms with Crippen LogP contribution in [0.2, 0.25) is 0 Å². The highest BCUT2D eigenvalue weighted by Gasteiger charge is 2.04. The van der Waals surface area contributed by atoms with Crippen molar-refractivity contribution in [2.45, 2.75) is 19.4 Å². The van der Waals surface area contributed by atoms with E-state index in [2.05, 4.69) is 45.0 Å². The first-order chi connectivity index (χ1) is 12.3. The Hall–Kier alpha value is -2.09. The molecule has 2 aromatic carbocycles. The topological polar surface area (TPSA) is 52.2 Å². The van der Waals surface area contributed by atoms with Crippen LogP contribution in [0, 0.1) is 5.82 Å². The summed E-state index contributed by atoms with van der Waals surface area (Å²) in [6.07, 6.45) is 4.06. The predicted octanol–water partition coefficient (Wildman–Crippen LogP) is 4.22. The van der Waals surface area contributed by atoms with Gasteiger partial charge in [-0.3, -0.25) is 4.99 Å². The number of nitrogens with one attached hydrogen (secondary N) is 3. The lowest BCUT2D eigenvalue weighted by Gasteiger charge is -2.12. The fourth-order valence-corrected chi connectivity index (χ4v) is 2.87. The van der Waals surface area contributed by atoms with Crippen LogP contribution in [0.15, 0.2) is 59.7 Å². The number of aromatic amines is 1. The maximum atomic E-state index is 13.6. The Morgan fingerprint density at radius 3 is 2.62 bits per heavy atom. The zero-order valence-electron chi connectivity index (χ0n) is 14.8. The molecule has 0 spiro atoms. The van der Waals surface area contributed by atoms with Gasteiger partial charge in [-0.15, -0.1) is 24.0 Å². The first kappa shape index (κ1) is 20.2. The van der Waals surface area contributed by atoms with Crippen molar-refractivity contribution >= 4 is 40.8 Å². The van der Waals surface area contributed by atoms with Crippen molar-refractivity contribution in [3.05, 3.63) is 71.7 Å². The third-order valence-electron chi connectivity index (χ3n) is 4.22. The molecule has 0 saturated heterocycles. The fraction of sp³-hybridized carbons (Fsp3) is 0.250. The van der Waals surface area contributed by atoms with Crippen molar-refractivity contribution < 1.29 is 4.39 Å². The summed E-state index contributed by atoms with van der Waals surface area (Å²) in [6.45, 7) is 1.21. The highest BCUT2D eigenvalue weighted by atomic mass is 127. The van der Waals surface area contributed by atoms with E-state index in [4.69, 9.17) is 0 Å². The zero-order valence-corrected chi connectivity index (χ0v) is 17.1. The predicted molar refractivity (Wildman–Crippen MR) is 117 cm³/mol. The lowest BCUT2D eigenvalue weighted by atomic mass is 10.1. The van der Waals surface area contributed by atoms with E-state index in [-0.39, 0.29) is 29.8 Å². The number of rotatable bonds is 6. The summed E-state index contributed by atoms with van der Waals surface area (Å²) < 4.78 is 13.6. The van der Waals surface area contributed by atoms with Gasteiger partial charge in [0.1, 0.15) is 5.82 Å². The number of para-hydroxylation sites is 1. The van der Waals surface area contributed by atoms with Crippen molar-refractivity contribution in [2.24, 2.45) is 4.99 Å². The van der Waals surface area contributed by atoms with Gasteiger partial charge in [0.2, 0.25) is 0 Å². The third kappa shape index (κ3) is 5.20. The Bertz CT molecular complexity index is 860. The molecule has 0 bridgehead atoms. The molecule has 1 aromatic heterocycles. The molecule has 4 nitrogen and oxygen atoms in total. The SMILES string of the molecule is CN=C(NCCCc1c[nH]c2ccccc12)NCc1ccccc1F.I. The largest absolute Gasteiger partial charge is 0.361 e. The molecule has 0 fully saturated rings. The molecule has 1 heterocycles. The monoisotopic (exact) mass is 466 g/mol. The number of fused-ring (bicyclic) bond motifs is 1. The quantitative estimate of drug-likeness (QED) is 0.221. The summed E-state index contributed by atoms with van der Waals surface area (Å²) in [5.74, 6) is 0.479. The van der Waals surface area contributed by atoms with Gasteiger partial charge >= 0.3 is 0 Å². The van der Waals surface area contributed by atoms with Crippen LogP contribution in [-0.2, 0) is 13.0 Å². The summed E-state index contributed by atoms with van der Waals surface area (Å²) >= 11 is 0. The summed E-state index contributed by atoms with van der Waals surface area (Å²) in [5, 5.41) is 7.70. The number of aliphatic imine (C=N–C) groups is 1. The molecule has 0 radical (unpaired) electrons. The number of guanidine groups is 1. The van der Waals surface area contributed by atoms with E-state index in [1.807, 2.05) is 12.1 Å². The molecular formula is C20H24FIN4. The molecule has 0 atom stereocenters. The van der Waals surface area contributed by atoms with Crippen LogP contribution in [0.1, 0.15) is 17.5 Å². The van der Waals surface area contributed by atoms with Crippen molar-refractivity contribution in [3.8, 4) is 0 Å². The highest BCUT2D eigenvalue weighted by Crippen LogP contribution is 2.18. The van der Waals surface area contributed by atoms with Gasteiger partial charge in [-0.2, -0.15) is 0 Å². The minimum atomic E-state index is -0.204. The second-order valence-electron chi connectivity index (χ2n) is 5.91. The molecule has 3 aromatic rings. The minimum Gasteiger partial charge on any atom is -0.361 e. The maximum Gasteiger partial charge on any atom is 0.191 e. The molecule has 0 unspecified atom stereocenters. The van der Waals surface area contributed by atoms with E-state index in [1.54, 1.807) is 19.2 Å². The van der Waals surface area contributed by atoms with Gasteiger partial charge in [-0.1, -0.05) is 36.4 Å². The van der Waals surface area contributed by atoms with E-state index >= 15 is 0 Å². The van der Waals surface area contributed by atoms with Crippen molar-refractivity contribution in [2.75, 3.05) is 13.6 Å². The summed E-state index contributed by atoms with van der Waals surface area (Å²) in [7, 11) is 1.72. The van der Waals surface area contributed by atoms with Gasteiger partial charge in [0.05, 0.1) is 0 Å². The lowest BCUT2D eigenvalue weighted by Crippen LogP contribution is -2.37. The van der Waals surface area contributed by atoms with E-state index in [0.29, 0.717) is 18.1 Å². The van der Waals surface area contributed by atoms with E-state index < -0.39 is 0 Å². The summed E-state index contributed by atoms with van der Waals surface area (Å²) in [5.41, 5.74) is 3.13. The standard InChI is InChI=1S/C20H23FN4.HI/c1-22-20(25-14-16-7-2-4-10-18(16)21)23-12-6-8-15-13-24-19-11-5-3-9-17(15)19;/h2-5,7,9-11,13,24H,6,8,12,14H2,1H3,(H2,22,23,25);1H. The molecule has 0 aliphatic rings. The van der Waals surface area contributed by atoms with Crippen LogP contribution in [-0.4, -0.2) is 24.5 Å². The van der Waals surface area contributed by atoms with Crippen molar-refractivity contribution in [3.63, 3.8) is 0 Å². The number of hydrogen-bond acceptors (Lipinski definition) is 1. The molecule has 0 saturated carbocycles. The van der Waals surface area contributed by atoms with Gasteiger partial charge in [0.25, 0.3) is 0 Å². The molecule has 26 heavy (non-hydrogen) atoms. The minimum absolute atomic E-state index is 0. The van der Waals surface area contributed by atoms with Crippen LogP contribution in [0.5, 0.6) is 0 Å². The van der Waals surface area contributed by atoms with Gasteiger partial charge in [0.15, 0.2) is 5.96 Å². The van der Waals surface area contributed by atoms with E-state index in [1.165, 1.54) is 22.5 Å². The van der Waals surface area contributed by atoms with E-state index in [9.17, 15) is 4.39 Å².